The molecule has 0 amide bonds. The number of rotatable bonds is 12. The van der Waals surface area contributed by atoms with E-state index in [1.807, 2.05) is 71.4 Å². The average Bonchev–Trinajstić information content (AvgIpc) is 4.06. The minimum atomic E-state index is -0.659. The molecule has 0 bridgehead atoms. The third kappa shape index (κ3) is 11.0. The summed E-state index contributed by atoms with van der Waals surface area (Å²) in [5.41, 5.74) is 14.7. The van der Waals surface area contributed by atoms with Crippen molar-refractivity contribution >= 4 is 67.6 Å². The summed E-state index contributed by atoms with van der Waals surface area (Å²) >= 11 is 0. The van der Waals surface area contributed by atoms with Crippen molar-refractivity contribution in [2.24, 2.45) is 0 Å². The predicted molar refractivity (Wildman–Crippen MR) is 335 cm³/mol. The quantitative estimate of drug-likeness (QED) is 0.0903. The van der Waals surface area contributed by atoms with Crippen LogP contribution in [0.15, 0.2) is 200 Å². The van der Waals surface area contributed by atoms with E-state index in [1.54, 1.807) is 0 Å². The zero-order valence-corrected chi connectivity index (χ0v) is 50.7. The van der Waals surface area contributed by atoms with E-state index >= 15 is 8.78 Å². The van der Waals surface area contributed by atoms with Crippen LogP contribution in [0.3, 0.4) is 0 Å². The molecule has 0 spiro atoms. The van der Waals surface area contributed by atoms with Gasteiger partial charge >= 0.3 is 27.1 Å². The number of fused-ring (bicyclic) bond motifs is 4. The molecule has 414 valence electrons. The maximum absolute atomic E-state index is 15.7. The zero-order chi connectivity index (χ0) is 57.2. The molecule has 0 atom stereocenters. The summed E-state index contributed by atoms with van der Waals surface area (Å²) in [4.78, 5) is 7.13. The second-order valence-electron chi connectivity index (χ2n) is 24.1. The summed E-state index contributed by atoms with van der Waals surface area (Å²) in [7, 11) is 0. The first-order valence-electron chi connectivity index (χ1n) is 28.2. The summed E-state index contributed by atoms with van der Waals surface area (Å²) in [6, 6.07) is 75.8. The molecule has 2 aromatic heterocycles. The fraction of sp³-hybridized carbons (Fsp3) is 0.189. The molecule has 0 fully saturated rings. The minimum Gasteiger partial charge on any atom is -0.509 e. The van der Waals surface area contributed by atoms with Gasteiger partial charge in [0.05, 0.1) is 11.1 Å². The van der Waals surface area contributed by atoms with E-state index < -0.39 is 11.6 Å². The monoisotopic (exact) mass is 1270 g/mol. The second-order valence-corrected chi connectivity index (χ2v) is 24.1. The van der Waals surface area contributed by atoms with Gasteiger partial charge in [0.15, 0.2) is 0 Å². The molecule has 0 saturated carbocycles. The number of para-hydroxylation sites is 5. The number of halogens is 2. The van der Waals surface area contributed by atoms with E-state index in [0.29, 0.717) is 28.3 Å². The number of anilines is 3. The summed E-state index contributed by atoms with van der Waals surface area (Å²) < 4.78 is 44.7. The van der Waals surface area contributed by atoms with E-state index in [0.717, 1.165) is 84.5 Å². The molecule has 11 aromatic rings. The van der Waals surface area contributed by atoms with Gasteiger partial charge in [-0.15, -0.1) is 23.6 Å². The van der Waals surface area contributed by atoms with Gasteiger partial charge in [0.1, 0.15) is 23.1 Å². The van der Waals surface area contributed by atoms with Gasteiger partial charge < -0.3 is 14.2 Å². The first-order chi connectivity index (χ1) is 39.4. The Bertz CT molecular complexity index is 4270. The van der Waals surface area contributed by atoms with E-state index in [9.17, 15) is 0 Å². The second kappa shape index (κ2) is 22.3. The smallest absolute Gasteiger partial charge is 0.509 e. The number of nitrogens with zero attached hydrogens (tertiary/aromatic N) is 5. The van der Waals surface area contributed by atoms with Gasteiger partial charge in [-0.3, -0.25) is 0 Å². The summed E-state index contributed by atoms with van der Waals surface area (Å²) in [6.07, 6.45) is 1.88. The Morgan fingerprint density at radius 2 is 1.10 bits per heavy atom. The predicted octanol–water partition coefficient (Wildman–Crippen LogP) is 20.3. The number of hydrogen-bond donors (Lipinski definition) is 0. The van der Waals surface area contributed by atoms with Crippen LogP contribution in [-0.4, -0.2) is 15.6 Å². The molecule has 83 heavy (non-hydrogen) atoms. The largest absolute Gasteiger partial charge is 2.00 e. The van der Waals surface area contributed by atoms with Gasteiger partial charge in [-0.1, -0.05) is 182 Å². The molecule has 12 rings (SSSR count). The zero-order valence-electron chi connectivity index (χ0n) is 48.4. The Morgan fingerprint density at radius 1 is 0.530 bits per heavy atom. The van der Waals surface area contributed by atoms with Crippen molar-refractivity contribution in [2.75, 3.05) is 4.90 Å². The van der Waals surface area contributed by atoms with Gasteiger partial charge in [-0.25, -0.2) is 13.8 Å². The van der Waals surface area contributed by atoms with Gasteiger partial charge in [0.2, 0.25) is 5.69 Å². The Morgan fingerprint density at radius 3 is 1.70 bits per heavy atom. The Labute approximate surface area is 500 Å². The van der Waals surface area contributed by atoms with Crippen molar-refractivity contribution in [3.63, 3.8) is 0 Å². The first kappa shape index (κ1) is 56.3. The van der Waals surface area contributed by atoms with Crippen molar-refractivity contribution in [3.8, 4) is 39.6 Å². The van der Waals surface area contributed by atoms with Crippen LogP contribution < -0.4 is 18.8 Å². The third-order valence-corrected chi connectivity index (χ3v) is 15.5. The van der Waals surface area contributed by atoms with Crippen LogP contribution in [0.5, 0.6) is 11.5 Å². The van der Waals surface area contributed by atoms with Crippen molar-refractivity contribution in [3.05, 3.63) is 246 Å². The molecule has 3 heterocycles. The van der Waals surface area contributed by atoms with E-state index in [2.05, 4.69) is 217 Å². The molecule has 9 aromatic carbocycles. The van der Waals surface area contributed by atoms with Gasteiger partial charge in [0, 0.05) is 52.8 Å². The minimum absolute atomic E-state index is 0. The summed E-state index contributed by atoms with van der Waals surface area (Å²) in [6.45, 7) is 22.0. The third-order valence-electron chi connectivity index (χ3n) is 15.5. The Kier molecular flexibility index (Phi) is 15.1. The van der Waals surface area contributed by atoms with E-state index in [-0.39, 0.29) is 43.7 Å². The molecule has 6 nitrogen and oxygen atoms in total. The molecule has 0 aliphatic carbocycles. The normalized spacial score (nSPS) is 12.4. The summed E-state index contributed by atoms with van der Waals surface area (Å²) in [5.74, 6) is 0.880. The van der Waals surface area contributed by atoms with E-state index in [1.165, 1.54) is 28.8 Å². The molecular weight excluding hydrogens is 1210 g/mol. The number of benzene rings is 9. The maximum atomic E-state index is 15.7. The number of hydrogen-bond acceptors (Lipinski definition) is 3. The molecule has 9 heteroatoms. The van der Waals surface area contributed by atoms with E-state index in [4.69, 9.17) is 9.72 Å². The van der Waals surface area contributed by atoms with Crippen LogP contribution in [-0.2, 0) is 31.9 Å². The average molecular weight is 1270 g/mol. The fourth-order valence-electron chi connectivity index (χ4n) is 11.1. The maximum Gasteiger partial charge on any atom is 2.00 e. The van der Waals surface area contributed by atoms with Crippen molar-refractivity contribution in [2.45, 2.75) is 91.9 Å². The molecular formula is C74H65F2N5OPt+2. The van der Waals surface area contributed by atoms with Gasteiger partial charge in [-0.05, 0) is 133 Å². The van der Waals surface area contributed by atoms with Crippen molar-refractivity contribution in [1.82, 2.24) is 18.7 Å². The standard InChI is InChI=1S/C74H65F2N5O.Pt/c1-47(2)49-33-50(48(3)4)35-51(34-49)65-38-54(74(8,9)10)39-66(52-36-55(75)41-56(76)37-52)72(65)79-46-78(68-27-19-20-28-69(68)79)59-42-60(80(57-21-13-11-14-22-57)58-23-15-12-16-24-58)44-62(43-59)82-61-29-30-64-63-25-17-18-26-67(63)81(70(64)45-61)71-40-53(31-32-77-71)73(5,6)7;/h11-42,44,47-48H,1-10H3;/q;+2. The summed E-state index contributed by atoms with van der Waals surface area (Å²) in [5, 5.41) is 2.10. The van der Waals surface area contributed by atoms with Crippen LogP contribution >= 0.6 is 0 Å². The molecule has 0 saturated heterocycles. The Hall–Kier alpha value is -8.54. The van der Waals surface area contributed by atoms with Crippen LogP contribution in [0.25, 0.3) is 49.9 Å². The molecule has 0 radical (unpaired) electrons. The van der Waals surface area contributed by atoms with Crippen LogP contribution in [0, 0.1) is 23.8 Å². The van der Waals surface area contributed by atoms with Crippen LogP contribution in [0.2, 0.25) is 0 Å². The number of ether oxygens (including phenoxy) is 1. The topological polar surface area (TPSA) is 36.3 Å². The number of aromatic nitrogens is 2. The molecule has 0 N–H and O–H groups in total. The number of pyridine rings is 1. The van der Waals surface area contributed by atoms with Crippen molar-refractivity contribution in [1.29, 1.82) is 0 Å². The Balaban J connectivity index is 0.00000721. The molecule has 0 unspecified atom stereocenters. The van der Waals surface area contributed by atoms with Crippen LogP contribution in [0.4, 0.5) is 48.6 Å². The molecule has 1 aliphatic rings. The van der Waals surface area contributed by atoms with Crippen LogP contribution in [0.1, 0.15) is 103 Å². The fourth-order valence-corrected chi connectivity index (χ4v) is 11.1. The first-order valence-corrected chi connectivity index (χ1v) is 28.2. The molecule has 1 aliphatic heterocycles. The van der Waals surface area contributed by atoms with Gasteiger partial charge in [0.25, 0.3) is 11.4 Å². The van der Waals surface area contributed by atoms with Crippen molar-refractivity contribution < 1.29 is 34.6 Å². The van der Waals surface area contributed by atoms with Gasteiger partial charge in [-0.2, -0.15) is 6.07 Å². The SMILES string of the molecule is CC(C)c1cc(-c2cc(C(C)(C)C)cc(-c3cc(F)cc(F)c3)c2[N+]2=C=[N+](c3[c-]c(Oc4[c-]c5c(cc4)c4ccccc4n5-c4cc(C(C)(C)C)ccn4)cc(N(c4ccccc4)c4ccccc4)c3)c3ccccc32)cc(C(C)C)c1.[Pt+2].